The van der Waals surface area contributed by atoms with Crippen LogP contribution in [0.15, 0.2) is 53.6 Å². The van der Waals surface area contributed by atoms with Gasteiger partial charge in [0, 0.05) is 30.5 Å². The summed E-state index contributed by atoms with van der Waals surface area (Å²) in [5.74, 6) is 0.410. The number of aromatic nitrogens is 1. The van der Waals surface area contributed by atoms with Crippen LogP contribution in [0.1, 0.15) is 103 Å². The summed E-state index contributed by atoms with van der Waals surface area (Å²) in [5.41, 5.74) is 0.855. The number of aliphatic hydroxyl groups excluding tert-OH is 1. The lowest BCUT2D eigenvalue weighted by Gasteiger charge is -2.16. The normalized spacial score (nSPS) is 12.1. The van der Waals surface area contributed by atoms with Gasteiger partial charge in [-0.2, -0.15) is 0 Å². The van der Waals surface area contributed by atoms with Crippen molar-refractivity contribution in [1.29, 1.82) is 0 Å². The fourth-order valence-electron chi connectivity index (χ4n) is 4.39. The molecule has 0 aliphatic rings. The van der Waals surface area contributed by atoms with Crippen LogP contribution in [0.5, 0.6) is 5.75 Å². The van der Waals surface area contributed by atoms with Gasteiger partial charge in [0.05, 0.1) is 12.8 Å². The lowest BCUT2D eigenvalue weighted by atomic mass is 10.0. The van der Waals surface area contributed by atoms with Crippen LogP contribution >= 0.6 is 0 Å². The molecule has 4 nitrogen and oxygen atoms in total. The summed E-state index contributed by atoms with van der Waals surface area (Å²) in [6.07, 6.45) is 23.3. The molecule has 0 amide bonds. The molecule has 0 aliphatic carbocycles. The van der Waals surface area contributed by atoms with Gasteiger partial charge in [-0.3, -0.25) is 4.79 Å². The second-order valence-electron chi connectivity index (χ2n) is 9.66. The number of rotatable bonds is 20. The van der Waals surface area contributed by atoms with Crippen LogP contribution in [0.3, 0.4) is 0 Å². The molecule has 1 aromatic carbocycles. The SMILES string of the molecule is CCCCCCCCCCCCCCCCC(CO)COc1cn(-c2ccccc2)ccc1=O. The summed E-state index contributed by atoms with van der Waals surface area (Å²) in [6.45, 7) is 2.75. The van der Waals surface area contributed by atoms with E-state index in [1.807, 2.05) is 34.9 Å². The van der Waals surface area contributed by atoms with Crippen LogP contribution < -0.4 is 10.2 Å². The van der Waals surface area contributed by atoms with E-state index in [4.69, 9.17) is 4.74 Å². The van der Waals surface area contributed by atoms with Crippen molar-refractivity contribution in [3.63, 3.8) is 0 Å². The Bertz CT molecular complexity index is 802. The van der Waals surface area contributed by atoms with Gasteiger partial charge in [0.15, 0.2) is 5.75 Å². The zero-order valence-electron chi connectivity index (χ0n) is 21.4. The van der Waals surface area contributed by atoms with Gasteiger partial charge in [0.25, 0.3) is 0 Å². The number of nitrogens with zero attached hydrogens (tertiary/aromatic N) is 1. The first kappa shape index (κ1) is 28.2. The first-order valence-corrected chi connectivity index (χ1v) is 13.8. The highest BCUT2D eigenvalue weighted by Gasteiger charge is 2.11. The molecule has 1 atom stereocenters. The van der Waals surface area contributed by atoms with Crippen LogP contribution in [-0.4, -0.2) is 22.9 Å². The van der Waals surface area contributed by atoms with Gasteiger partial charge in [-0.25, -0.2) is 0 Å². The van der Waals surface area contributed by atoms with E-state index in [0.29, 0.717) is 12.4 Å². The number of benzene rings is 1. The van der Waals surface area contributed by atoms with E-state index in [1.165, 1.54) is 89.5 Å². The monoisotopic (exact) mass is 469 g/mol. The van der Waals surface area contributed by atoms with E-state index < -0.39 is 0 Å². The number of pyridine rings is 1. The van der Waals surface area contributed by atoms with Crippen LogP contribution in [0.4, 0.5) is 0 Å². The number of unbranched alkanes of at least 4 members (excludes halogenated alkanes) is 13. The van der Waals surface area contributed by atoms with Crippen molar-refractivity contribution in [3.05, 3.63) is 59.0 Å². The van der Waals surface area contributed by atoms with E-state index in [9.17, 15) is 9.90 Å². The summed E-state index contributed by atoms with van der Waals surface area (Å²) >= 11 is 0. The van der Waals surface area contributed by atoms with Crippen molar-refractivity contribution in [1.82, 2.24) is 4.57 Å². The molecule has 0 saturated heterocycles. The molecular weight excluding hydrogens is 422 g/mol. The maximum Gasteiger partial charge on any atom is 0.223 e. The van der Waals surface area contributed by atoms with Gasteiger partial charge in [0.1, 0.15) is 0 Å². The Morgan fingerprint density at radius 1 is 0.794 bits per heavy atom. The van der Waals surface area contributed by atoms with Gasteiger partial charge in [-0.15, -0.1) is 0 Å². The quantitative estimate of drug-likeness (QED) is 0.202. The first-order chi connectivity index (χ1) is 16.7. The highest BCUT2D eigenvalue weighted by atomic mass is 16.5. The van der Waals surface area contributed by atoms with Crippen LogP contribution in [-0.2, 0) is 0 Å². The summed E-state index contributed by atoms with van der Waals surface area (Å²) in [4.78, 5) is 12.2. The van der Waals surface area contributed by atoms with E-state index in [-0.39, 0.29) is 18.0 Å². The zero-order valence-corrected chi connectivity index (χ0v) is 21.4. The van der Waals surface area contributed by atoms with Gasteiger partial charge >= 0.3 is 0 Å². The minimum atomic E-state index is -0.125. The molecule has 1 aromatic heterocycles. The Labute approximate surface area is 207 Å². The third-order valence-corrected chi connectivity index (χ3v) is 6.64. The topological polar surface area (TPSA) is 51.5 Å². The van der Waals surface area contributed by atoms with Crippen molar-refractivity contribution < 1.29 is 9.84 Å². The van der Waals surface area contributed by atoms with Crippen molar-refractivity contribution >= 4 is 0 Å². The zero-order chi connectivity index (χ0) is 24.3. The largest absolute Gasteiger partial charge is 0.488 e. The standard InChI is InChI=1S/C30H47NO3/c1-2-3-4-5-6-7-8-9-10-11-12-13-14-16-19-27(25-32)26-34-30-24-31(23-22-29(30)33)28-20-17-15-18-21-28/h15,17-18,20-24,27,32H,2-14,16,19,25-26H2,1H3. The highest BCUT2D eigenvalue weighted by Crippen LogP contribution is 2.16. The van der Waals surface area contributed by atoms with Crippen LogP contribution in [0, 0.1) is 5.92 Å². The number of aliphatic hydroxyl groups is 1. The molecule has 2 aromatic rings. The maximum absolute atomic E-state index is 12.2. The Balaban J connectivity index is 1.54. The van der Waals surface area contributed by atoms with Crippen LogP contribution in [0.2, 0.25) is 0 Å². The number of hydrogen-bond acceptors (Lipinski definition) is 3. The molecule has 1 N–H and O–H groups in total. The summed E-state index contributed by atoms with van der Waals surface area (Å²) in [6, 6.07) is 11.4. The van der Waals surface area contributed by atoms with Crippen molar-refractivity contribution in [2.45, 2.75) is 103 Å². The van der Waals surface area contributed by atoms with Crippen LogP contribution in [0.25, 0.3) is 5.69 Å². The first-order valence-electron chi connectivity index (χ1n) is 13.8. The second-order valence-corrected chi connectivity index (χ2v) is 9.66. The third kappa shape index (κ3) is 11.9. The average Bonchev–Trinajstić information content (AvgIpc) is 2.87. The van der Waals surface area contributed by atoms with Crippen molar-refractivity contribution in [2.24, 2.45) is 5.92 Å². The van der Waals surface area contributed by atoms with Crippen molar-refractivity contribution in [2.75, 3.05) is 13.2 Å². The highest BCUT2D eigenvalue weighted by molar-refractivity contribution is 5.34. The Hall–Kier alpha value is -2.07. The van der Waals surface area contributed by atoms with E-state index in [2.05, 4.69) is 6.92 Å². The molecule has 0 saturated carbocycles. The Kier molecular flexibility index (Phi) is 15.1. The molecule has 1 heterocycles. The lowest BCUT2D eigenvalue weighted by molar-refractivity contribution is 0.152. The minimum Gasteiger partial charge on any atom is -0.488 e. The van der Waals surface area contributed by atoms with E-state index in [0.717, 1.165) is 18.5 Å². The van der Waals surface area contributed by atoms with Gasteiger partial charge in [0.2, 0.25) is 5.43 Å². The lowest BCUT2D eigenvalue weighted by Crippen LogP contribution is -2.19. The van der Waals surface area contributed by atoms with Crippen molar-refractivity contribution in [3.8, 4) is 11.4 Å². The minimum absolute atomic E-state index is 0.0714. The molecule has 0 bridgehead atoms. The summed E-state index contributed by atoms with van der Waals surface area (Å²) in [7, 11) is 0. The molecule has 34 heavy (non-hydrogen) atoms. The molecule has 2 rings (SSSR count). The Morgan fingerprint density at radius 3 is 1.91 bits per heavy atom. The van der Waals surface area contributed by atoms with Gasteiger partial charge in [-0.05, 0) is 18.6 Å². The average molecular weight is 470 g/mol. The fraction of sp³-hybridized carbons (Fsp3) is 0.633. The molecule has 190 valence electrons. The molecular formula is C30H47NO3. The predicted octanol–water partition coefficient (Wildman–Crippen LogP) is 7.70. The van der Waals surface area contributed by atoms with E-state index >= 15 is 0 Å². The predicted molar refractivity (Wildman–Crippen MR) is 143 cm³/mol. The fourth-order valence-corrected chi connectivity index (χ4v) is 4.39. The molecule has 0 radical (unpaired) electrons. The van der Waals surface area contributed by atoms with E-state index in [1.54, 1.807) is 12.4 Å². The molecule has 1 unspecified atom stereocenters. The molecule has 0 fully saturated rings. The summed E-state index contributed by atoms with van der Waals surface area (Å²) < 4.78 is 7.72. The smallest absolute Gasteiger partial charge is 0.223 e. The molecule has 0 spiro atoms. The Morgan fingerprint density at radius 2 is 1.35 bits per heavy atom. The van der Waals surface area contributed by atoms with Gasteiger partial charge in [-0.1, -0.05) is 115 Å². The second kappa shape index (κ2) is 18.3. The molecule has 0 aliphatic heterocycles. The van der Waals surface area contributed by atoms with Gasteiger partial charge < -0.3 is 14.4 Å². The third-order valence-electron chi connectivity index (χ3n) is 6.64. The number of para-hydroxylation sites is 1. The maximum atomic E-state index is 12.2. The number of ether oxygens (including phenoxy) is 1. The number of hydrogen-bond donors (Lipinski definition) is 1. The molecule has 4 heteroatoms. The summed E-state index contributed by atoms with van der Waals surface area (Å²) in [5, 5.41) is 9.75.